The van der Waals surface area contributed by atoms with E-state index in [1.165, 1.54) is 0 Å². The molecule has 0 atom stereocenters. The van der Waals surface area contributed by atoms with E-state index in [9.17, 15) is 4.79 Å². The van der Waals surface area contributed by atoms with Crippen LogP contribution in [0.15, 0.2) is 35.2 Å². The van der Waals surface area contributed by atoms with Crippen LogP contribution in [0.3, 0.4) is 0 Å². The van der Waals surface area contributed by atoms with E-state index >= 15 is 0 Å². The Kier molecular flexibility index (Phi) is 5.12. The minimum Gasteiger partial charge on any atom is -0.489 e. The Morgan fingerprint density at radius 1 is 1.40 bits per heavy atom. The van der Waals surface area contributed by atoms with Gasteiger partial charge in [-0.1, -0.05) is 12.1 Å². The molecule has 106 valence electrons. The lowest BCUT2D eigenvalue weighted by Crippen LogP contribution is -2.14. The highest BCUT2D eigenvalue weighted by atomic mass is 32.1. The molecule has 0 unspecified atom stereocenters. The number of ether oxygens (including phenoxy) is 1. The monoisotopic (exact) mass is 290 g/mol. The van der Waals surface area contributed by atoms with Crippen molar-refractivity contribution in [3.63, 3.8) is 0 Å². The largest absolute Gasteiger partial charge is 0.489 e. The Balaban J connectivity index is 1.93. The molecular weight excluding hydrogens is 272 g/mol. The second kappa shape index (κ2) is 7.05. The van der Waals surface area contributed by atoms with Gasteiger partial charge in [0.2, 0.25) is 5.91 Å². The predicted octanol–water partition coefficient (Wildman–Crippen LogP) is 3.50. The van der Waals surface area contributed by atoms with E-state index in [-0.39, 0.29) is 12.0 Å². The lowest BCUT2D eigenvalue weighted by atomic mass is 10.2. The van der Waals surface area contributed by atoms with Crippen LogP contribution in [-0.2, 0) is 11.2 Å². The molecule has 0 radical (unpaired) electrons. The van der Waals surface area contributed by atoms with Crippen molar-refractivity contribution in [3.05, 3.63) is 40.8 Å². The summed E-state index contributed by atoms with van der Waals surface area (Å²) in [5.41, 5.74) is 3.44. The number of nitrogens with zero attached hydrogens (tertiary/aromatic N) is 1. The molecule has 0 aliphatic rings. The van der Waals surface area contributed by atoms with Crippen molar-refractivity contribution >= 4 is 22.9 Å². The SMILES string of the molecule is CC(C)Oc1ccccc1NC(=O)CCc1cscn1. The van der Waals surface area contributed by atoms with Gasteiger partial charge in [-0.3, -0.25) is 4.79 Å². The van der Waals surface area contributed by atoms with Crippen LogP contribution < -0.4 is 10.1 Å². The maximum Gasteiger partial charge on any atom is 0.224 e. The van der Waals surface area contributed by atoms with Gasteiger partial charge in [0.25, 0.3) is 0 Å². The first-order valence-electron chi connectivity index (χ1n) is 6.57. The molecule has 0 saturated carbocycles. The highest BCUT2D eigenvalue weighted by molar-refractivity contribution is 7.07. The van der Waals surface area contributed by atoms with Crippen molar-refractivity contribution < 1.29 is 9.53 Å². The Morgan fingerprint density at radius 2 is 2.20 bits per heavy atom. The molecule has 4 nitrogen and oxygen atoms in total. The zero-order chi connectivity index (χ0) is 14.4. The quantitative estimate of drug-likeness (QED) is 0.886. The Bertz CT molecular complexity index is 553. The van der Waals surface area contributed by atoms with Gasteiger partial charge in [0.1, 0.15) is 5.75 Å². The highest BCUT2D eigenvalue weighted by Gasteiger charge is 2.09. The van der Waals surface area contributed by atoms with Crippen LogP contribution in [0, 0.1) is 0 Å². The van der Waals surface area contributed by atoms with Crippen LogP contribution in [0.2, 0.25) is 0 Å². The number of anilines is 1. The number of carbonyl (C=O) groups excluding carboxylic acids is 1. The van der Waals surface area contributed by atoms with Crippen molar-refractivity contribution in [3.8, 4) is 5.75 Å². The molecule has 0 saturated heterocycles. The standard InChI is InChI=1S/C15H18N2O2S/c1-11(2)19-14-6-4-3-5-13(14)17-15(18)8-7-12-9-20-10-16-12/h3-6,9-11H,7-8H2,1-2H3,(H,17,18). The third-order valence-corrected chi connectivity index (χ3v) is 3.25. The molecule has 2 aromatic rings. The molecule has 20 heavy (non-hydrogen) atoms. The molecule has 2 rings (SSSR count). The minimum atomic E-state index is -0.0298. The smallest absolute Gasteiger partial charge is 0.224 e. The molecule has 0 spiro atoms. The number of aryl methyl sites for hydroxylation is 1. The number of hydrogen-bond donors (Lipinski definition) is 1. The lowest BCUT2D eigenvalue weighted by Gasteiger charge is -2.14. The van der Waals surface area contributed by atoms with Crippen molar-refractivity contribution in [2.24, 2.45) is 0 Å². The molecule has 0 aliphatic carbocycles. The number of hydrogen-bond acceptors (Lipinski definition) is 4. The summed E-state index contributed by atoms with van der Waals surface area (Å²) in [7, 11) is 0. The fraction of sp³-hybridized carbons (Fsp3) is 0.333. The van der Waals surface area contributed by atoms with Gasteiger partial charge in [-0.25, -0.2) is 4.98 Å². The Morgan fingerprint density at radius 3 is 2.90 bits per heavy atom. The number of aromatic nitrogens is 1. The first-order chi connectivity index (χ1) is 9.65. The van der Waals surface area contributed by atoms with Crippen molar-refractivity contribution in [2.75, 3.05) is 5.32 Å². The lowest BCUT2D eigenvalue weighted by molar-refractivity contribution is -0.116. The van der Waals surface area contributed by atoms with Gasteiger partial charge in [-0.15, -0.1) is 11.3 Å². The number of carbonyl (C=O) groups is 1. The van der Waals surface area contributed by atoms with E-state index in [2.05, 4.69) is 10.3 Å². The van der Waals surface area contributed by atoms with E-state index in [0.29, 0.717) is 24.3 Å². The molecule has 5 heteroatoms. The molecule has 1 heterocycles. The average Bonchev–Trinajstić information content (AvgIpc) is 2.91. The first-order valence-corrected chi connectivity index (χ1v) is 7.52. The third kappa shape index (κ3) is 4.35. The van der Waals surface area contributed by atoms with Crippen molar-refractivity contribution in [1.29, 1.82) is 0 Å². The van der Waals surface area contributed by atoms with E-state index < -0.39 is 0 Å². The van der Waals surface area contributed by atoms with Gasteiger partial charge >= 0.3 is 0 Å². The number of amides is 1. The summed E-state index contributed by atoms with van der Waals surface area (Å²) in [4.78, 5) is 16.1. The van der Waals surface area contributed by atoms with Crippen LogP contribution in [0.4, 0.5) is 5.69 Å². The number of rotatable bonds is 6. The van der Waals surface area contributed by atoms with E-state index in [0.717, 1.165) is 5.69 Å². The van der Waals surface area contributed by atoms with Gasteiger partial charge in [0.05, 0.1) is 23.0 Å². The second-order valence-corrected chi connectivity index (χ2v) is 5.41. The number of para-hydroxylation sites is 2. The summed E-state index contributed by atoms with van der Waals surface area (Å²) >= 11 is 1.54. The zero-order valence-corrected chi connectivity index (χ0v) is 12.4. The summed E-state index contributed by atoms with van der Waals surface area (Å²) in [6, 6.07) is 7.47. The molecular formula is C15H18N2O2S. The van der Waals surface area contributed by atoms with E-state index in [1.807, 2.05) is 43.5 Å². The van der Waals surface area contributed by atoms with Crippen LogP contribution >= 0.6 is 11.3 Å². The molecule has 1 aromatic heterocycles. The van der Waals surface area contributed by atoms with Gasteiger partial charge in [0, 0.05) is 11.8 Å². The highest BCUT2D eigenvalue weighted by Crippen LogP contribution is 2.25. The molecule has 1 N–H and O–H groups in total. The topological polar surface area (TPSA) is 51.2 Å². The maximum absolute atomic E-state index is 12.0. The van der Waals surface area contributed by atoms with Gasteiger partial charge in [0.15, 0.2) is 0 Å². The molecule has 0 fully saturated rings. The van der Waals surface area contributed by atoms with Crippen LogP contribution in [0.1, 0.15) is 26.0 Å². The van der Waals surface area contributed by atoms with Crippen LogP contribution in [0.5, 0.6) is 5.75 Å². The maximum atomic E-state index is 12.0. The summed E-state index contributed by atoms with van der Waals surface area (Å²) in [6.07, 6.45) is 1.14. The van der Waals surface area contributed by atoms with Crippen LogP contribution in [0.25, 0.3) is 0 Å². The molecule has 0 aliphatic heterocycles. The predicted molar refractivity (Wildman–Crippen MR) is 81.3 cm³/mol. The number of benzene rings is 1. The summed E-state index contributed by atoms with van der Waals surface area (Å²) < 4.78 is 5.67. The summed E-state index contributed by atoms with van der Waals surface area (Å²) in [6.45, 7) is 3.92. The molecule has 1 aromatic carbocycles. The van der Waals surface area contributed by atoms with Gasteiger partial charge < -0.3 is 10.1 Å². The van der Waals surface area contributed by atoms with E-state index in [4.69, 9.17) is 4.74 Å². The fourth-order valence-electron chi connectivity index (χ4n) is 1.74. The van der Waals surface area contributed by atoms with E-state index in [1.54, 1.807) is 16.8 Å². The second-order valence-electron chi connectivity index (χ2n) is 4.69. The first kappa shape index (κ1) is 14.5. The number of thiazole rings is 1. The average molecular weight is 290 g/mol. The molecule has 0 bridgehead atoms. The normalized spacial score (nSPS) is 10.6. The van der Waals surface area contributed by atoms with Crippen LogP contribution in [-0.4, -0.2) is 17.0 Å². The van der Waals surface area contributed by atoms with Crippen molar-refractivity contribution in [1.82, 2.24) is 4.98 Å². The minimum absolute atomic E-state index is 0.0298. The third-order valence-electron chi connectivity index (χ3n) is 2.62. The number of nitrogens with one attached hydrogen (secondary N) is 1. The zero-order valence-electron chi connectivity index (χ0n) is 11.6. The Hall–Kier alpha value is -1.88. The van der Waals surface area contributed by atoms with Gasteiger partial charge in [-0.05, 0) is 32.4 Å². The Labute approximate surface area is 122 Å². The summed E-state index contributed by atoms with van der Waals surface area (Å²) in [5.74, 6) is 0.669. The van der Waals surface area contributed by atoms with Crippen molar-refractivity contribution in [2.45, 2.75) is 32.8 Å². The summed E-state index contributed by atoms with van der Waals surface area (Å²) in [5, 5.41) is 4.85. The molecule has 1 amide bonds. The fourth-order valence-corrected chi connectivity index (χ4v) is 2.33. The van der Waals surface area contributed by atoms with Gasteiger partial charge in [-0.2, -0.15) is 0 Å².